The summed E-state index contributed by atoms with van der Waals surface area (Å²) in [5, 5.41) is 0. The monoisotopic (exact) mass is 402 g/mol. The summed E-state index contributed by atoms with van der Waals surface area (Å²) >= 11 is 0. The van der Waals surface area contributed by atoms with Crippen molar-refractivity contribution in [3.8, 4) is 0 Å². The molecule has 28 heavy (non-hydrogen) atoms. The van der Waals surface area contributed by atoms with Crippen molar-refractivity contribution in [1.82, 2.24) is 4.90 Å². The molecule has 1 amide bonds. The molecule has 1 aliphatic heterocycles. The van der Waals surface area contributed by atoms with Crippen LogP contribution in [0.15, 0.2) is 60.7 Å². The molecule has 0 radical (unpaired) electrons. The summed E-state index contributed by atoms with van der Waals surface area (Å²) in [7, 11) is 0. The third-order valence-corrected chi connectivity index (χ3v) is 4.94. The summed E-state index contributed by atoms with van der Waals surface area (Å²) in [6, 6.07) is 19.3. The zero-order valence-electron chi connectivity index (χ0n) is 15.9. The number of likely N-dealkylation sites (tertiary alicyclic amines) is 1. The number of piperidine rings is 1. The van der Waals surface area contributed by atoms with Gasteiger partial charge in [-0.2, -0.15) is 0 Å². The van der Waals surface area contributed by atoms with Gasteiger partial charge in [-0.05, 0) is 24.0 Å². The molecule has 3 rings (SSSR count). The van der Waals surface area contributed by atoms with E-state index in [2.05, 4.69) is 0 Å². The molecule has 0 bridgehead atoms. The average Bonchev–Trinajstić information content (AvgIpc) is 2.69. The molecule has 5 nitrogen and oxygen atoms in total. The number of benzene rings is 2. The van der Waals surface area contributed by atoms with Crippen LogP contribution in [0.5, 0.6) is 0 Å². The van der Waals surface area contributed by atoms with Crippen LogP contribution in [0.3, 0.4) is 0 Å². The van der Waals surface area contributed by atoms with Gasteiger partial charge in [-0.15, -0.1) is 12.4 Å². The first kappa shape index (κ1) is 21.9. The molecule has 6 heteroatoms. The van der Waals surface area contributed by atoms with Crippen molar-refractivity contribution >= 4 is 24.3 Å². The quantitative estimate of drug-likeness (QED) is 0.722. The first-order chi connectivity index (χ1) is 13.1. The molecule has 1 heterocycles. The number of hydrogen-bond acceptors (Lipinski definition) is 4. The van der Waals surface area contributed by atoms with Crippen LogP contribution in [0.1, 0.15) is 30.4 Å². The van der Waals surface area contributed by atoms with Gasteiger partial charge in [0.1, 0.15) is 0 Å². The average molecular weight is 403 g/mol. The van der Waals surface area contributed by atoms with E-state index >= 15 is 0 Å². The molecule has 0 spiro atoms. The summed E-state index contributed by atoms with van der Waals surface area (Å²) in [5.41, 5.74) is 7.06. The fourth-order valence-electron chi connectivity index (χ4n) is 3.44. The summed E-state index contributed by atoms with van der Waals surface area (Å²) in [4.78, 5) is 26.9. The van der Waals surface area contributed by atoms with Gasteiger partial charge in [0, 0.05) is 25.8 Å². The highest BCUT2D eigenvalue weighted by atomic mass is 35.5. The molecular weight excluding hydrogens is 376 g/mol. The Balaban J connectivity index is 0.00000280. The third-order valence-electron chi connectivity index (χ3n) is 4.94. The molecule has 1 saturated heterocycles. The molecule has 2 N–H and O–H groups in total. The third kappa shape index (κ3) is 5.33. The number of carbonyl (C=O) groups excluding carboxylic acids is 2. The van der Waals surface area contributed by atoms with Gasteiger partial charge in [-0.3, -0.25) is 10.5 Å². The van der Waals surface area contributed by atoms with E-state index in [1.807, 2.05) is 60.7 Å². The SMILES string of the molecule is Cl.N[C@](Cc1ccccc1)(C(=O)OCCc1ccccc1)N1CCCCC1=O. The molecule has 0 unspecified atom stereocenters. The number of halogens is 1. The second-order valence-corrected chi connectivity index (χ2v) is 6.96. The van der Waals surface area contributed by atoms with E-state index in [0.29, 0.717) is 19.4 Å². The highest BCUT2D eigenvalue weighted by Gasteiger charge is 2.45. The number of ether oxygens (including phenoxy) is 1. The van der Waals surface area contributed by atoms with Gasteiger partial charge in [-0.1, -0.05) is 60.7 Å². The van der Waals surface area contributed by atoms with Crippen LogP contribution in [-0.2, 0) is 27.2 Å². The van der Waals surface area contributed by atoms with Crippen LogP contribution in [0, 0.1) is 0 Å². The molecule has 1 fully saturated rings. The fraction of sp³-hybridized carbons (Fsp3) is 0.364. The number of rotatable bonds is 7. The van der Waals surface area contributed by atoms with Gasteiger partial charge >= 0.3 is 5.97 Å². The van der Waals surface area contributed by atoms with Crippen LogP contribution in [0.4, 0.5) is 0 Å². The molecule has 1 aliphatic rings. The topological polar surface area (TPSA) is 72.6 Å². The smallest absolute Gasteiger partial charge is 0.347 e. The van der Waals surface area contributed by atoms with Crippen LogP contribution >= 0.6 is 12.4 Å². The van der Waals surface area contributed by atoms with Crippen molar-refractivity contribution in [1.29, 1.82) is 0 Å². The van der Waals surface area contributed by atoms with E-state index < -0.39 is 11.6 Å². The fourth-order valence-corrected chi connectivity index (χ4v) is 3.44. The van der Waals surface area contributed by atoms with Gasteiger partial charge in [0.2, 0.25) is 5.91 Å². The van der Waals surface area contributed by atoms with Gasteiger partial charge in [0.05, 0.1) is 6.61 Å². The molecule has 150 valence electrons. The largest absolute Gasteiger partial charge is 0.463 e. The van der Waals surface area contributed by atoms with E-state index in [4.69, 9.17) is 10.5 Å². The number of carbonyl (C=O) groups is 2. The Hall–Kier alpha value is -2.37. The minimum Gasteiger partial charge on any atom is -0.463 e. The zero-order valence-corrected chi connectivity index (χ0v) is 16.7. The molecular formula is C22H27ClN2O3. The van der Waals surface area contributed by atoms with E-state index in [1.54, 1.807) is 0 Å². The minimum absolute atomic E-state index is 0. The van der Waals surface area contributed by atoms with Gasteiger partial charge < -0.3 is 9.64 Å². The number of esters is 1. The molecule has 0 aromatic heterocycles. The van der Waals surface area contributed by atoms with E-state index in [-0.39, 0.29) is 31.3 Å². The van der Waals surface area contributed by atoms with Crippen LogP contribution < -0.4 is 5.73 Å². The first-order valence-electron chi connectivity index (χ1n) is 9.44. The molecule has 2 aromatic carbocycles. The maximum atomic E-state index is 13.0. The summed E-state index contributed by atoms with van der Waals surface area (Å²) in [5.74, 6) is -0.628. The van der Waals surface area contributed by atoms with Crippen LogP contribution in [-0.4, -0.2) is 35.6 Å². The lowest BCUT2D eigenvalue weighted by Crippen LogP contribution is -2.66. The Morgan fingerprint density at radius 1 is 1.00 bits per heavy atom. The Bertz CT molecular complexity index is 770. The lowest BCUT2D eigenvalue weighted by molar-refractivity contribution is -0.165. The normalized spacial score (nSPS) is 16.0. The number of hydrogen-bond donors (Lipinski definition) is 1. The lowest BCUT2D eigenvalue weighted by atomic mass is 9.95. The van der Waals surface area contributed by atoms with Crippen molar-refractivity contribution in [3.63, 3.8) is 0 Å². The zero-order chi connectivity index (χ0) is 19.1. The summed E-state index contributed by atoms with van der Waals surface area (Å²) in [6.07, 6.45) is 2.95. The Labute approximate surface area is 172 Å². The van der Waals surface area contributed by atoms with Crippen molar-refractivity contribution in [3.05, 3.63) is 71.8 Å². The van der Waals surface area contributed by atoms with Crippen molar-refractivity contribution in [2.45, 2.75) is 37.8 Å². The number of nitrogens with two attached hydrogens (primary N) is 1. The van der Waals surface area contributed by atoms with Gasteiger partial charge in [-0.25, -0.2) is 4.79 Å². The van der Waals surface area contributed by atoms with Gasteiger partial charge in [0.15, 0.2) is 5.66 Å². The number of nitrogens with zero attached hydrogens (tertiary/aromatic N) is 1. The van der Waals surface area contributed by atoms with E-state index in [9.17, 15) is 9.59 Å². The predicted molar refractivity (Wildman–Crippen MR) is 111 cm³/mol. The highest BCUT2D eigenvalue weighted by Crippen LogP contribution is 2.24. The lowest BCUT2D eigenvalue weighted by Gasteiger charge is -2.41. The molecule has 1 atom stereocenters. The molecule has 0 aliphatic carbocycles. The Morgan fingerprint density at radius 3 is 2.21 bits per heavy atom. The van der Waals surface area contributed by atoms with Crippen LogP contribution in [0.25, 0.3) is 0 Å². The molecule has 0 saturated carbocycles. The number of amides is 1. The predicted octanol–water partition coefficient (Wildman–Crippen LogP) is 3.10. The Kier molecular flexibility index (Phi) is 8.03. The Morgan fingerprint density at radius 2 is 1.61 bits per heavy atom. The first-order valence-corrected chi connectivity index (χ1v) is 9.44. The molecule has 2 aromatic rings. The van der Waals surface area contributed by atoms with E-state index in [1.165, 1.54) is 4.90 Å². The maximum absolute atomic E-state index is 13.0. The standard InChI is InChI=1S/C22H26N2O3.ClH/c23-22(17-19-11-5-2-6-12-19,24-15-8-7-13-20(24)25)21(26)27-16-14-18-9-3-1-4-10-18;/h1-6,9-12H,7-8,13-17,23H2;1H/t22-;/m0./s1. The highest BCUT2D eigenvalue weighted by molar-refractivity contribution is 5.88. The van der Waals surface area contributed by atoms with E-state index in [0.717, 1.165) is 24.0 Å². The van der Waals surface area contributed by atoms with Crippen molar-refractivity contribution in [2.24, 2.45) is 5.73 Å². The maximum Gasteiger partial charge on any atom is 0.347 e. The summed E-state index contributed by atoms with van der Waals surface area (Å²) < 4.78 is 5.53. The van der Waals surface area contributed by atoms with Crippen LogP contribution in [0.2, 0.25) is 0 Å². The second-order valence-electron chi connectivity index (χ2n) is 6.96. The summed E-state index contributed by atoms with van der Waals surface area (Å²) in [6.45, 7) is 0.717. The van der Waals surface area contributed by atoms with Crippen molar-refractivity contribution in [2.75, 3.05) is 13.2 Å². The second kappa shape index (κ2) is 10.2. The minimum atomic E-state index is -1.48. The van der Waals surface area contributed by atoms with Gasteiger partial charge in [0.25, 0.3) is 0 Å². The van der Waals surface area contributed by atoms with Crippen molar-refractivity contribution < 1.29 is 14.3 Å².